The summed E-state index contributed by atoms with van der Waals surface area (Å²) in [5.41, 5.74) is -0.266. The molecule has 1 unspecified atom stereocenters. The van der Waals surface area contributed by atoms with Crippen LogP contribution in [-0.2, 0) is 9.59 Å². The number of hydrogen-bond acceptors (Lipinski definition) is 5. The van der Waals surface area contributed by atoms with Crippen molar-refractivity contribution in [3.05, 3.63) is 59.7 Å². The lowest BCUT2D eigenvalue weighted by molar-refractivity contribution is -0.149. The van der Waals surface area contributed by atoms with Crippen molar-refractivity contribution in [2.75, 3.05) is 0 Å². The van der Waals surface area contributed by atoms with Crippen LogP contribution in [0.25, 0.3) is 0 Å². The van der Waals surface area contributed by atoms with Gasteiger partial charge in [-0.2, -0.15) is 4.39 Å². The van der Waals surface area contributed by atoms with Crippen molar-refractivity contribution < 1.29 is 28.2 Å². The molecule has 1 aliphatic heterocycles. The molecule has 1 saturated heterocycles. The summed E-state index contributed by atoms with van der Waals surface area (Å²) in [4.78, 5) is 35.1. The van der Waals surface area contributed by atoms with Crippen LogP contribution >= 0.6 is 0 Å². The largest absolute Gasteiger partial charge is 0.468 e. The Bertz CT molecular complexity index is 934. The maximum Gasteiger partial charge on any atom is 0.328 e. The first-order valence-electron chi connectivity index (χ1n) is 9.22. The Morgan fingerprint density at radius 2 is 1.48 bits per heavy atom. The SMILES string of the molecule is CC1(Oc2ccc(OC(F)c3ccc(C4CC4)cc3)cc2)C(=O)NC(=O)NC1=O. The topological polar surface area (TPSA) is 93.7 Å². The van der Waals surface area contributed by atoms with Crippen molar-refractivity contribution in [2.24, 2.45) is 0 Å². The number of benzene rings is 2. The van der Waals surface area contributed by atoms with E-state index in [4.69, 9.17) is 9.47 Å². The number of amides is 4. The summed E-state index contributed by atoms with van der Waals surface area (Å²) in [6.45, 7) is 1.25. The molecule has 7 nitrogen and oxygen atoms in total. The Morgan fingerprint density at radius 3 is 2.03 bits per heavy atom. The number of urea groups is 1. The average Bonchev–Trinajstić information content (AvgIpc) is 3.53. The fraction of sp³-hybridized carbons (Fsp3) is 0.286. The molecule has 1 aliphatic carbocycles. The zero-order valence-corrected chi connectivity index (χ0v) is 15.6. The van der Waals surface area contributed by atoms with Gasteiger partial charge < -0.3 is 9.47 Å². The minimum atomic E-state index is -1.90. The van der Waals surface area contributed by atoms with Gasteiger partial charge in [-0.05, 0) is 55.5 Å². The van der Waals surface area contributed by atoms with Gasteiger partial charge in [-0.15, -0.1) is 0 Å². The normalized spacial score (nSPS) is 19.2. The highest BCUT2D eigenvalue weighted by Crippen LogP contribution is 2.40. The van der Waals surface area contributed by atoms with Gasteiger partial charge in [-0.3, -0.25) is 20.2 Å². The van der Waals surface area contributed by atoms with E-state index < -0.39 is 29.8 Å². The summed E-state index contributed by atoms with van der Waals surface area (Å²) in [7, 11) is 0. The van der Waals surface area contributed by atoms with Gasteiger partial charge in [0.2, 0.25) is 0 Å². The zero-order chi connectivity index (χ0) is 20.6. The van der Waals surface area contributed by atoms with Crippen molar-refractivity contribution in [1.82, 2.24) is 10.6 Å². The highest BCUT2D eigenvalue weighted by Gasteiger charge is 2.49. The molecule has 2 aromatic rings. The predicted molar refractivity (Wildman–Crippen MR) is 100 cm³/mol. The van der Waals surface area contributed by atoms with Crippen molar-refractivity contribution >= 4 is 17.8 Å². The number of halogens is 1. The summed E-state index contributed by atoms with van der Waals surface area (Å²) in [5.74, 6) is -0.698. The van der Waals surface area contributed by atoms with Crippen molar-refractivity contribution in [3.8, 4) is 11.5 Å². The molecule has 4 rings (SSSR count). The third-order valence-corrected chi connectivity index (χ3v) is 4.95. The minimum absolute atomic E-state index is 0.184. The number of carbonyl (C=O) groups is 3. The first kappa shape index (κ1) is 18.9. The van der Waals surface area contributed by atoms with E-state index in [1.54, 1.807) is 12.1 Å². The van der Waals surface area contributed by atoms with Gasteiger partial charge in [-0.25, -0.2) is 4.79 Å². The van der Waals surface area contributed by atoms with Crippen molar-refractivity contribution in [1.29, 1.82) is 0 Å². The molecular formula is C21H19FN2O5. The number of imide groups is 2. The Balaban J connectivity index is 1.40. The molecule has 0 radical (unpaired) electrons. The lowest BCUT2D eigenvalue weighted by Gasteiger charge is -2.30. The molecule has 1 saturated carbocycles. The van der Waals surface area contributed by atoms with Gasteiger partial charge in [0.25, 0.3) is 23.8 Å². The molecule has 8 heteroatoms. The smallest absolute Gasteiger partial charge is 0.328 e. The fourth-order valence-electron chi connectivity index (χ4n) is 3.02. The van der Waals surface area contributed by atoms with Crippen LogP contribution in [0, 0.1) is 0 Å². The van der Waals surface area contributed by atoms with E-state index >= 15 is 0 Å². The number of alkyl halides is 1. The average molecular weight is 398 g/mol. The molecule has 2 aromatic carbocycles. The van der Waals surface area contributed by atoms with Gasteiger partial charge in [0, 0.05) is 5.56 Å². The number of rotatable bonds is 6. The highest BCUT2D eigenvalue weighted by atomic mass is 19.1. The molecular weight excluding hydrogens is 379 g/mol. The molecule has 0 bridgehead atoms. The molecule has 29 heavy (non-hydrogen) atoms. The highest BCUT2D eigenvalue weighted by molar-refractivity contribution is 6.21. The van der Waals surface area contributed by atoms with Crippen molar-refractivity contribution in [2.45, 2.75) is 37.6 Å². The fourth-order valence-corrected chi connectivity index (χ4v) is 3.02. The maximum absolute atomic E-state index is 14.5. The Labute approximate surface area is 166 Å². The third kappa shape index (κ3) is 3.91. The lowest BCUT2D eigenvalue weighted by atomic mass is 10.0. The number of hydrogen-bond donors (Lipinski definition) is 2. The Morgan fingerprint density at radius 1 is 0.931 bits per heavy atom. The molecule has 2 aliphatic rings. The molecule has 4 amide bonds. The molecule has 1 atom stereocenters. The van der Waals surface area contributed by atoms with E-state index in [-0.39, 0.29) is 11.5 Å². The van der Waals surface area contributed by atoms with Crippen molar-refractivity contribution in [3.63, 3.8) is 0 Å². The van der Waals surface area contributed by atoms with E-state index in [9.17, 15) is 18.8 Å². The molecule has 2 N–H and O–H groups in total. The lowest BCUT2D eigenvalue weighted by Crippen LogP contribution is -2.67. The molecule has 2 fully saturated rings. The molecule has 150 valence electrons. The van der Waals surface area contributed by atoms with Gasteiger partial charge in [0.1, 0.15) is 11.5 Å². The first-order valence-corrected chi connectivity index (χ1v) is 9.22. The van der Waals surface area contributed by atoms with E-state index in [1.807, 2.05) is 22.8 Å². The molecule has 0 spiro atoms. The Hall–Kier alpha value is -3.42. The predicted octanol–water partition coefficient (Wildman–Crippen LogP) is 3.11. The van der Waals surface area contributed by atoms with Crippen LogP contribution in [-0.4, -0.2) is 23.4 Å². The zero-order valence-electron chi connectivity index (χ0n) is 15.6. The van der Waals surface area contributed by atoms with Crippen LogP contribution in [0.4, 0.5) is 9.18 Å². The standard InChI is InChI=1S/C21H19FN2O5/c1-21(18(25)23-20(27)24-19(21)26)29-16-10-8-15(9-11-16)28-17(22)14-6-4-13(5-7-14)12-2-3-12/h4-12,17H,2-3H2,1H3,(H2,23,24,25,26,27). The van der Waals surface area contributed by atoms with Crippen LogP contribution in [0.5, 0.6) is 11.5 Å². The minimum Gasteiger partial charge on any atom is -0.468 e. The summed E-state index contributed by atoms with van der Waals surface area (Å²) in [5, 5.41) is 3.96. The van der Waals surface area contributed by atoms with Gasteiger partial charge in [0.15, 0.2) is 0 Å². The number of ether oxygens (including phenoxy) is 2. The molecule has 0 aromatic heterocycles. The quantitative estimate of drug-likeness (QED) is 0.730. The second kappa shape index (κ2) is 7.20. The third-order valence-electron chi connectivity index (χ3n) is 4.95. The van der Waals surface area contributed by atoms with Crippen LogP contribution in [0.1, 0.15) is 43.2 Å². The van der Waals surface area contributed by atoms with Crippen LogP contribution in [0.2, 0.25) is 0 Å². The monoisotopic (exact) mass is 398 g/mol. The summed E-state index contributed by atoms with van der Waals surface area (Å²) in [6.07, 6.45) is 0.734. The summed E-state index contributed by atoms with van der Waals surface area (Å²) in [6, 6.07) is 12.2. The Kier molecular flexibility index (Phi) is 4.70. The van der Waals surface area contributed by atoms with Crippen LogP contribution in [0.3, 0.4) is 0 Å². The van der Waals surface area contributed by atoms with Crippen LogP contribution in [0.15, 0.2) is 48.5 Å². The summed E-state index contributed by atoms with van der Waals surface area (Å²) < 4.78 is 25.2. The van der Waals surface area contributed by atoms with Gasteiger partial charge >= 0.3 is 6.03 Å². The maximum atomic E-state index is 14.5. The first-order chi connectivity index (χ1) is 13.8. The number of carbonyl (C=O) groups excluding carboxylic acids is 3. The van der Waals surface area contributed by atoms with E-state index in [0.29, 0.717) is 11.5 Å². The molecule has 1 heterocycles. The number of barbiturate groups is 1. The summed E-state index contributed by atoms with van der Waals surface area (Å²) >= 11 is 0. The van der Waals surface area contributed by atoms with E-state index in [0.717, 1.165) is 0 Å². The van der Waals surface area contributed by atoms with E-state index in [2.05, 4.69) is 0 Å². The van der Waals surface area contributed by atoms with Gasteiger partial charge in [-0.1, -0.05) is 24.3 Å². The van der Waals surface area contributed by atoms with Gasteiger partial charge in [0.05, 0.1) is 0 Å². The second-order valence-electron chi connectivity index (χ2n) is 7.22. The van der Waals surface area contributed by atoms with Crippen LogP contribution < -0.4 is 20.1 Å². The number of nitrogens with one attached hydrogen (secondary N) is 2. The van der Waals surface area contributed by atoms with E-state index in [1.165, 1.54) is 49.6 Å². The second-order valence-corrected chi connectivity index (χ2v) is 7.22.